The fourth-order valence-electron chi connectivity index (χ4n) is 1.89. The fraction of sp³-hybridized carbons (Fsp3) is 0.417. The van der Waals surface area contributed by atoms with Gasteiger partial charge in [0.25, 0.3) is 0 Å². The normalized spacial score (nSPS) is 19.3. The third-order valence-electron chi connectivity index (χ3n) is 2.78. The maximum Gasteiger partial charge on any atom is 0.141 e. The van der Waals surface area contributed by atoms with Crippen LogP contribution in [0.25, 0.3) is 0 Å². The highest BCUT2D eigenvalue weighted by molar-refractivity contribution is 9.10. The summed E-state index contributed by atoms with van der Waals surface area (Å²) in [5, 5.41) is 0. The van der Waals surface area contributed by atoms with Crippen molar-refractivity contribution in [2.75, 3.05) is 26.3 Å². The Morgan fingerprint density at radius 1 is 1.25 bits per heavy atom. The van der Waals surface area contributed by atoms with Crippen molar-refractivity contribution < 1.29 is 9.53 Å². The first-order chi connectivity index (χ1) is 7.81. The van der Waals surface area contributed by atoms with E-state index in [1.807, 2.05) is 24.3 Å². The van der Waals surface area contributed by atoms with Gasteiger partial charge >= 0.3 is 0 Å². The number of aldehydes is 1. The molecule has 0 aromatic heterocycles. The molecule has 0 aliphatic carbocycles. The minimum atomic E-state index is -0.142. The van der Waals surface area contributed by atoms with Gasteiger partial charge in [-0.05, 0) is 17.7 Å². The van der Waals surface area contributed by atoms with Crippen LogP contribution in [-0.4, -0.2) is 37.5 Å². The Bertz CT molecular complexity index is 347. The van der Waals surface area contributed by atoms with E-state index >= 15 is 0 Å². The second-order valence-corrected chi connectivity index (χ2v) is 4.70. The van der Waals surface area contributed by atoms with E-state index in [0.29, 0.717) is 13.2 Å². The van der Waals surface area contributed by atoms with Crippen LogP contribution in [0.2, 0.25) is 0 Å². The number of ether oxygens (including phenoxy) is 1. The molecule has 0 N–H and O–H groups in total. The molecule has 3 nitrogen and oxygen atoms in total. The van der Waals surface area contributed by atoms with Gasteiger partial charge in [-0.25, -0.2) is 0 Å². The van der Waals surface area contributed by atoms with E-state index in [1.54, 1.807) is 0 Å². The molecular formula is C12H14BrNO2. The first-order valence-electron chi connectivity index (χ1n) is 5.34. The number of nitrogens with zero attached hydrogens (tertiary/aromatic N) is 1. The van der Waals surface area contributed by atoms with Crippen LogP contribution in [0.4, 0.5) is 0 Å². The predicted molar refractivity (Wildman–Crippen MR) is 65.3 cm³/mol. The molecule has 1 fully saturated rings. The molecular weight excluding hydrogens is 270 g/mol. The maximum atomic E-state index is 11.2. The molecule has 0 amide bonds. The molecule has 2 rings (SSSR count). The van der Waals surface area contributed by atoms with Crippen LogP contribution >= 0.6 is 15.9 Å². The second kappa shape index (κ2) is 5.57. The van der Waals surface area contributed by atoms with Crippen LogP contribution < -0.4 is 0 Å². The number of hydrogen-bond donors (Lipinski definition) is 0. The number of hydrogen-bond acceptors (Lipinski definition) is 3. The summed E-state index contributed by atoms with van der Waals surface area (Å²) in [6.07, 6.45) is 1.01. The van der Waals surface area contributed by atoms with Gasteiger partial charge < -0.3 is 9.53 Å². The number of benzene rings is 1. The molecule has 1 heterocycles. The minimum Gasteiger partial charge on any atom is -0.379 e. The van der Waals surface area contributed by atoms with Crippen molar-refractivity contribution in [1.29, 1.82) is 0 Å². The molecule has 16 heavy (non-hydrogen) atoms. The quantitative estimate of drug-likeness (QED) is 0.795. The Balaban J connectivity index is 2.14. The summed E-state index contributed by atoms with van der Waals surface area (Å²) < 4.78 is 6.31. The Hall–Kier alpha value is -0.710. The maximum absolute atomic E-state index is 11.2. The molecule has 0 spiro atoms. The predicted octanol–water partition coefficient (Wildman–Crippen LogP) is 2.02. The van der Waals surface area contributed by atoms with E-state index in [9.17, 15) is 4.79 Å². The lowest BCUT2D eigenvalue weighted by Gasteiger charge is -2.31. The van der Waals surface area contributed by atoms with Crippen LogP contribution in [0.15, 0.2) is 28.7 Å². The number of carbonyl (C=O) groups excluding carboxylic acids is 1. The van der Waals surface area contributed by atoms with Gasteiger partial charge in [-0.3, -0.25) is 4.90 Å². The fourth-order valence-corrected chi connectivity index (χ4v) is 2.16. The van der Waals surface area contributed by atoms with Crippen LogP contribution in [0.1, 0.15) is 11.6 Å². The van der Waals surface area contributed by atoms with Crippen molar-refractivity contribution >= 4 is 22.2 Å². The SMILES string of the molecule is O=CC(c1ccc(Br)cc1)N1CCOCC1. The van der Waals surface area contributed by atoms with Crippen molar-refractivity contribution in [2.45, 2.75) is 6.04 Å². The van der Waals surface area contributed by atoms with Crippen molar-refractivity contribution in [1.82, 2.24) is 4.90 Å². The summed E-state index contributed by atoms with van der Waals surface area (Å²) in [6.45, 7) is 3.06. The molecule has 1 aliphatic rings. The molecule has 1 aromatic rings. The highest BCUT2D eigenvalue weighted by atomic mass is 79.9. The average Bonchev–Trinajstić information content (AvgIpc) is 2.34. The number of rotatable bonds is 3. The van der Waals surface area contributed by atoms with Gasteiger partial charge in [0, 0.05) is 17.6 Å². The molecule has 1 aromatic carbocycles. The summed E-state index contributed by atoms with van der Waals surface area (Å²) in [5.74, 6) is 0. The Morgan fingerprint density at radius 3 is 2.44 bits per heavy atom. The zero-order valence-corrected chi connectivity index (χ0v) is 10.5. The van der Waals surface area contributed by atoms with E-state index in [-0.39, 0.29) is 6.04 Å². The van der Waals surface area contributed by atoms with Gasteiger partial charge in [-0.15, -0.1) is 0 Å². The van der Waals surface area contributed by atoms with Crippen LogP contribution in [-0.2, 0) is 9.53 Å². The van der Waals surface area contributed by atoms with Crippen molar-refractivity contribution in [2.24, 2.45) is 0 Å². The highest BCUT2D eigenvalue weighted by Crippen LogP contribution is 2.21. The van der Waals surface area contributed by atoms with Crippen molar-refractivity contribution in [3.63, 3.8) is 0 Å². The lowest BCUT2D eigenvalue weighted by atomic mass is 10.1. The molecule has 0 bridgehead atoms. The summed E-state index contributed by atoms with van der Waals surface area (Å²) in [6, 6.07) is 7.76. The molecule has 0 saturated carbocycles. The lowest BCUT2D eigenvalue weighted by Crippen LogP contribution is -2.39. The second-order valence-electron chi connectivity index (χ2n) is 3.78. The van der Waals surface area contributed by atoms with E-state index in [4.69, 9.17) is 4.74 Å². The van der Waals surface area contributed by atoms with Gasteiger partial charge in [0.1, 0.15) is 6.29 Å². The molecule has 1 atom stereocenters. The number of morpholine rings is 1. The topological polar surface area (TPSA) is 29.5 Å². The Morgan fingerprint density at radius 2 is 1.88 bits per heavy atom. The summed E-state index contributed by atoms with van der Waals surface area (Å²) >= 11 is 3.39. The first kappa shape index (κ1) is 11.8. The molecule has 86 valence electrons. The first-order valence-corrected chi connectivity index (χ1v) is 6.13. The number of carbonyl (C=O) groups is 1. The smallest absolute Gasteiger partial charge is 0.141 e. The van der Waals surface area contributed by atoms with Gasteiger partial charge in [0.2, 0.25) is 0 Å². The Labute approximate surface area is 104 Å². The van der Waals surface area contributed by atoms with Gasteiger partial charge in [-0.2, -0.15) is 0 Å². The van der Waals surface area contributed by atoms with Crippen LogP contribution in [0.5, 0.6) is 0 Å². The third kappa shape index (κ3) is 2.70. The summed E-state index contributed by atoms with van der Waals surface area (Å²) in [5.41, 5.74) is 1.04. The standard InChI is InChI=1S/C12H14BrNO2/c13-11-3-1-10(2-4-11)12(9-15)14-5-7-16-8-6-14/h1-4,9,12H,5-8H2. The van der Waals surface area contributed by atoms with Crippen molar-refractivity contribution in [3.8, 4) is 0 Å². The monoisotopic (exact) mass is 283 g/mol. The molecule has 1 saturated heterocycles. The Kier molecular flexibility index (Phi) is 4.09. The third-order valence-corrected chi connectivity index (χ3v) is 3.31. The molecule has 1 aliphatic heterocycles. The van der Waals surface area contributed by atoms with Gasteiger partial charge in [0.05, 0.1) is 19.3 Å². The van der Waals surface area contributed by atoms with E-state index in [0.717, 1.165) is 29.4 Å². The average molecular weight is 284 g/mol. The number of halogens is 1. The molecule has 1 unspecified atom stereocenters. The zero-order valence-electron chi connectivity index (χ0n) is 8.93. The van der Waals surface area contributed by atoms with Crippen LogP contribution in [0.3, 0.4) is 0 Å². The zero-order chi connectivity index (χ0) is 11.4. The van der Waals surface area contributed by atoms with E-state index in [2.05, 4.69) is 20.8 Å². The van der Waals surface area contributed by atoms with Gasteiger partial charge in [-0.1, -0.05) is 28.1 Å². The molecule has 4 heteroatoms. The van der Waals surface area contributed by atoms with E-state index in [1.165, 1.54) is 0 Å². The minimum absolute atomic E-state index is 0.142. The van der Waals surface area contributed by atoms with Crippen LogP contribution in [0, 0.1) is 0 Å². The van der Waals surface area contributed by atoms with Gasteiger partial charge in [0.15, 0.2) is 0 Å². The summed E-state index contributed by atoms with van der Waals surface area (Å²) in [4.78, 5) is 13.3. The van der Waals surface area contributed by atoms with E-state index < -0.39 is 0 Å². The molecule has 0 radical (unpaired) electrons. The highest BCUT2D eigenvalue weighted by Gasteiger charge is 2.21. The summed E-state index contributed by atoms with van der Waals surface area (Å²) in [7, 11) is 0. The largest absolute Gasteiger partial charge is 0.379 e. The lowest BCUT2D eigenvalue weighted by molar-refractivity contribution is -0.114. The van der Waals surface area contributed by atoms with Crippen molar-refractivity contribution in [3.05, 3.63) is 34.3 Å².